The number of alkyl halides is 1. The first-order valence-corrected chi connectivity index (χ1v) is 3.93. The maximum absolute atomic E-state index is 5.06. The zero-order valence-electron chi connectivity index (χ0n) is 5.35. The van der Waals surface area contributed by atoms with Gasteiger partial charge in [0.15, 0.2) is 0 Å². The van der Waals surface area contributed by atoms with Crippen LogP contribution in [0.2, 0.25) is 0 Å². The van der Waals surface area contributed by atoms with Crippen molar-refractivity contribution in [2.75, 3.05) is 18.5 Å². The molecule has 0 unspecified atom stereocenters. The molecule has 0 radical (unpaired) electrons. The van der Waals surface area contributed by atoms with Gasteiger partial charge in [0.05, 0.1) is 13.2 Å². The van der Waals surface area contributed by atoms with Crippen LogP contribution in [0.4, 0.5) is 0 Å². The zero-order chi connectivity index (χ0) is 6.95. The summed E-state index contributed by atoms with van der Waals surface area (Å²) in [7, 11) is 0. The molecule has 0 aromatic rings. The van der Waals surface area contributed by atoms with E-state index in [0.717, 1.165) is 5.33 Å². The van der Waals surface area contributed by atoms with E-state index < -0.39 is 0 Å². The van der Waals surface area contributed by atoms with E-state index in [1.807, 2.05) is 12.2 Å². The third kappa shape index (κ3) is 7.92. The van der Waals surface area contributed by atoms with Gasteiger partial charge in [0, 0.05) is 5.33 Å². The van der Waals surface area contributed by atoms with Gasteiger partial charge >= 0.3 is 0 Å². The van der Waals surface area contributed by atoms with Gasteiger partial charge < -0.3 is 4.74 Å². The molecule has 0 saturated carbocycles. The van der Waals surface area contributed by atoms with Crippen molar-refractivity contribution in [3.05, 3.63) is 24.8 Å². The van der Waals surface area contributed by atoms with E-state index in [4.69, 9.17) is 4.74 Å². The largest absolute Gasteiger partial charge is 0.373 e. The van der Waals surface area contributed by atoms with Crippen LogP contribution in [-0.2, 0) is 4.74 Å². The maximum Gasteiger partial charge on any atom is 0.0652 e. The lowest BCUT2D eigenvalue weighted by atomic mass is 10.5. The SMILES string of the molecule is C=CCOC/C=C\CBr. The minimum Gasteiger partial charge on any atom is -0.373 e. The molecule has 0 aliphatic rings. The molecule has 9 heavy (non-hydrogen) atoms. The van der Waals surface area contributed by atoms with E-state index in [2.05, 4.69) is 22.5 Å². The van der Waals surface area contributed by atoms with Gasteiger partial charge in [-0.25, -0.2) is 0 Å². The second-order valence-electron chi connectivity index (χ2n) is 1.45. The predicted molar refractivity (Wildman–Crippen MR) is 44.0 cm³/mol. The second-order valence-corrected chi connectivity index (χ2v) is 2.10. The summed E-state index contributed by atoms with van der Waals surface area (Å²) >= 11 is 3.26. The van der Waals surface area contributed by atoms with Gasteiger partial charge in [0.25, 0.3) is 0 Å². The standard InChI is InChI=1S/C7H11BrO/c1-2-6-9-7-4-3-5-8/h2-4H,1,5-7H2/b4-3-. The molecule has 0 spiro atoms. The Balaban J connectivity index is 2.90. The van der Waals surface area contributed by atoms with Gasteiger partial charge in [0.2, 0.25) is 0 Å². The molecule has 0 N–H and O–H groups in total. The van der Waals surface area contributed by atoms with Crippen LogP contribution < -0.4 is 0 Å². The summed E-state index contributed by atoms with van der Waals surface area (Å²) in [5.74, 6) is 0. The lowest BCUT2D eigenvalue weighted by molar-refractivity contribution is 0.194. The number of hydrogen-bond acceptors (Lipinski definition) is 1. The third-order valence-electron chi connectivity index (χ3n) is 0.706. The summed E-state index contributed by atoms with van der Waals surface area (Å²) in [6, 6.07) is 0. The number of ether oxygens (including phenoxy) is 1. The van der Waals surface area contributed by atoms with Gasteiger partial charge in [-0.15, -0.1) is 6.58 Å². The molecule has 0 bridgehead atoms. The topological polar surface area (TPSA) is 9.23 Å². The van der Waals surface area contributed by atoms with Crippen LogP contribution in [0.1, 0.15) is 0 Å². The number of hydrogen-bond donors (Lipinski definition) is 0. The van der Waals surface area contributed by atoms with E-state index in [1.165, 1.54) is 0 Å². The van der Waals surface area contributed by atoms with Crippen molar-refractivity contribution in [1.29, 1.82) is 0 Å². The molecule has 0 aromatic heterocycles. The molecule has 0 aliphatic carbocycles. The Kier molecular flexibility index (Phi) is 7.85. The molecule has 0 heterocycles. The van der Waals surface area contributed by atoms with Gasteiger partial charge in [-0.1, -0.05) is 34.2 Å². The van der Waals surface area contributed by atoms with E-state index in [0.29, 0.717) is 13.2 Å². The summed E-state index contributed by atoms with van der Waals surface area (Å²) in [5, 5.41) is 0.893. The van der Waals surface area contributed by atoms with Crippen molar-refractivity contribution in [3.8, 4) is 0 Å². The van der Waals surface area contributed by atoms with E-state index in [9.17, 15) is 0 Å². The first kappa shape index (κ1) is 8.92. The van der Waals surface area contributed by atoms with Gasteiger partial charge in [-0.05, 0) is 0 Å². The molecule has 0 rings (SSSR count). The summed E-state index contributed by atoms with van der Waals surface area (Å²) in [6.45, 7) is 4.83. The van der Waals surface area contributed by atoms with Crippen LogP contribution in [0, 0.1) is 0 Å². The average molecular weight is 191 g/mol. The summed E-state index contributed by atoms with van der Waals surface area (Å²) < 4.78 is 5.06. The van der Waals surface area contributed by atoms with E-state index >= 15 is 0 Å². The van der Waals surface area contributed by atoms with Crippen molar-refractivity contribution >= 4 is 15.9 Å². The molecule has 0 atom stereocenters. The molecule has 0 amide bonds. The highest BCUT2D eigenvalue weighted by molar-refractivity contribution is 9.09. The summed E-state index contributed by atoms with van der Waals surface area (Å²) in [5.41, 5.74) is 0. The fraction of sp³-hybridized carbons (Fsp3) is 0.429. The van der Waals surface area contributed by atoms with Crippen LogP contribution in [-0.4, -0.2) is 18.5 Å². The quantitative estimate of drug-likeness (QED) is 0.367. The fourth-order valence-corrected chi connectivity index (χ4v) is 0.615. The van der Waals surface area contributed by atoms with E-state index in [-0.39, 0.29) is 0 Å². The summed E-state index contributed by atoms with van der Waals surface area (Å²) in [4.78, 5) is 0. The molecule has 52 valence electrons. The monoisotopic (exact) mass is 190 g/mol. The molecule has 0 aliphatic heterocycles. The number of allylic oxidation sites excluding steroid dienone is 1. The Bertz CT molecular complexity index is 88.9. The van der Waals surface area contributed by atoms with Crippen molar-refractivity contribution < 1.29 is 4.74 Å². The normalized spacial score (nSPS) is 10.3. The first-order chi connectivity index (χ1) is 4.41. The highest BCUT2D eigenvalue weighted by Gasteiger charge is 1.74. The Labute approximate surface area is 64.5 Å². The zero-order valence-corrected chi connectivity index (χ0v) is 6.93. The molecule has 0 aromatic carbocycles. The minimum atomic E-state index is 0.632. The average Bonchev–Trinajstić information content (AvgIpc) is 1.89. The van der Waals surface area contributed by atoms with Crippen LogP contribution in [0.25, 0.3) is 0 Å². The van der Waals surface area contributed by atoms with Crippen LogP contribution in [0.5, 0.6) is 0 Å². The number of rotatable bonds is 5. The van der Waals surface area contributed by atoms with Gasteiger partial charge in [0.1, 0.15) is 0 Å². The Morgan fingerprint density at radius 1 is 1.33 bits per heavy atom. The van der Waals surface area contributed by atoms with Crippen molar-refractivity contribution in [1.82, 2.24) is 0 Å². The van der Waals surface area contributed by atoms with Crippen molar-refractivity contribution in [2.45, 2.75) is 0 Å². The Morgan fingerprint density at radius 3 is 2.67 bits per heavy atom. The predicted octanol–water partition coefficient (Wildman–Crippen LogP) is 2.14. The number of halogens is 1. The smallest absolute Gasteiger partial charge is 0.0652 e. The lowest BCUT2D eigenvalue weighted by Crippen LogP contribution is -1.88. The van der Waals surface area contributed by atoms with Gasteiger partial charge in [-0.3, -0.25) is 0 Å². The molecule has 0 fully saturated rings. The Morgan fingerprint density at radius 2 is 2.11 bits per heavy atom. The van der Waals surface area contributed by atoms with Gasteiger partial charge in [-0.2, -0.15) is 0 Å². The summed E-state index contributed by atoms with van der Waals surface area (Å²) in [6.07, 6.45) is 5.71. The highest BCUT2D eigenvalue weighted by atomic mass is 79.9. The van der Waals surface area contributed by atoms with Crippen molar-refractivity contribution in [3.63, 3.8) is 0 Å². The van der Waals surface area contributed by atoms with Crippen molar-refractivity contribution in [2.24, 2.45) is 0 Å². The van der Waals surface area contributed by atoms with Crippen LogP contribution >= 0.6 is 15.9 Å². The first-order valence-electron chi connectivity index (χ1n) is 2.81. The second kappa shape index (κ2) is 7.92. The Hall–Kier alpha value is -0.0800. The molecular formula is C7H11BrO. The molecule has 2 heteroatoms. The highest BCUT2D eigenvalue weighted by Crippen LogP contribution is 1.82. The van der Waals surface area contributed by atoms with E-state index in [1.54, 1.807) is 6.08 Å². The molecule has 0 saturated heterocycles. The molecule has 1 nitrogen and oxygen atoms in total. The molecular weight excluding hydrogens is 180 g/mol. The third-order valence-corrected chi connectivity index (χ3v) is 1.08. The maximum atomic E-state index is 5.06. The lowest BCUT2D eigenvalue weighted by Gasteiger charge is -1.91. The van der Waals surface area contributed by atoms with Crippen LogP contribution in [0.3, 0.4) is 0 Å². The fourth-order valence-electron chi connectivity index (χ4n) is 0.350. The minimum absolute atomic E-state index is 0.632. The van der Waals surface area contributed by atoms with Crippen LogP contribution in [0.15, 0.2) is 24.8 Å².